The van der Waals surface area contributed by atoms with Crippen molar-refractivity contribution in [1.29, 1.82) is 0 Å². The van der Waals surface area contributed by atoms with E-state index in [1.165, 1.54) is 37.7 Å². The van der Waals surface area contributed by atoms with Gasteiger partial charge < -0.3 is 14.6 Å². The summed E-state index contributed by atoms with van der Waals surface area (Å²) in [4.78, 5) is 0.639. The van der Waals surface area contributed by atoms with Gasteiger partial charge in [0.05, 0.1) is 14.2 Å². The Balaban J connectivity index is 1.86. The highest BCUT2D eigenvalue weighted by molar-refractivity contribution is 7.89. The predicted molar refractivity (Wildman–Crippen MR) is 106 cm³/mol. The first kappa shape index (κ1) is 19.6. The van der Waals surface area contributed by atoms with Crippen LogP contribution in [0.5, 0.6) is 11.5 Å². The number of nitrogens with one attached hydrogen (secondary N) is 1. The van der Waals surface area contributed by atoms with Crippen molar-refractivity contribution >= 4 is 31.4 Å². The van der Waals surface area contributed by atoms with Crippen molar-refractivity contribution in [2.24, 2.45) is 0 Å². The number of sulfonamides is 1. The van der Waals surface area contributed by atoms with E-state index in [0.29, 0.717) is 10.6 Å². The molecule has 27 heavy (non-hydrogen) atoms. The van der Waals surface area contributed by atoms with Gasteiger partial charge in [0.1, 0.15) is 22.0 Å². The summed E-state index contributed by atoms with van der Waals surface area (Å²) in [5, 5.41) is 11.9. The number of benzene rings is 2. The smallest absolute Gasteiger partial charge is 0.244 e. The second kappa shape index (κ2) is 7.47. The van der Waals surface area contributed by atoms with Crippen LogP contribution in [0.15, 0.2) is 53.4 Å². The second-order valence-corrected chi connectivity index (χ2v) is 9.08. The molecule has 0 aliphatic heterocycles. The van der Waals surface area contributed by atoms with E-state index >= 15 is 0 Å². The zero-order chi connectivity index (χ0) is 19.7. The van der Waals surface area contributed by atoms with Crippen molar-refractivity contribution in [1.82, 2.24) is 4.72 Å². The number of methoxy groups -OCH3 is 2. The summed E-state index contributed by atoms with van der Waals surface area (Å²) >= 11 is 1.43. The van der Waals surface area contributed by atoms with Crippen molar-refractivity contribution in [3.63, 3.8) is 0 Å². The predicted octanol–water partition coefficient (Wildman–Crippen LogP) is 3.10. The van der Waals surface area contributed by atoms with Crippen LogP contribution < -0.4 is 14.2 Å². The van der Waals surface area contributed by atoms with Crippen LogP contribution in [0.25, 0.3) is 10.1 Å². The summed E-state index contributed by atoms with van der Waals surface area (Å²) in [6, 6.07) is 14.2. The fourth-order valence-electron chi connectivity index (χ4n) is 2.64. The number of rotatable bonds is 7. The van der Waals surface area contributed by atoms with Crippen LogP contribution in [-0.4, -0.2) is 34.3 Å². The molecule has 0 saturated carbocycles. The molecule has 144 valence electrons. The third-order valence-electron chi connectivity index (χ3n) is 4.22. The van der Waals surface area contributed by atoms with Crippen LogP contribution in [0.4, 0.5) is 0 Å². The second-order valence-electron chi connectivity index (χ2n) is 6.26. The highest BCUT2D eigenvalue weighted by Gasteiger charge is 2.29. The minimum absolute atomic E-state index is 0.0449. The Morgan fingerprint density at radius 3 is 2.52 bits per heavy atom. The largest absolute Gasteiger partial charge is 0.497 e. The van der Waals surface area contributed by atoms with Crippen molar-refractivity contribution in [2.75, 3.05) is 20.8 Å². The molecule has 0 saturated heterocycles. The van der Waals surface area contributed by atoms with E-state index in [-0.39, 0.29) is 17.2 Å². The summed E-state index contributed by atoms with van der Waals surface area (Å²) in [5.74, 6) is 0.595. The van der Waals surface area contributed by atoms with Crippen LogP contribution in [0.1, 0.15) is 11.8 Å². The van der Waals surface area contributed by atoms with Gasteiger partial charge in [0.15, 0.2) is 0 Å². The Bertz CT molecular complexity index is 1020. The van der Waals surface area contributed by atoms with Gasteiger partial charge in [0.25, 0.3) is 0 Å². The lowest BCUT2D eigenvalue weighted by Crippen LogP contribution is -2.38. The first-order valence-electron chi connectivity index (χ1n) is 8.20. The molecule has 6 nitrogen and oxygen atoms in total. The Morgan fingerprint density at radius 1 is 1.11 bits per heavy atom. The van der Waals surface area contributed by atoms with Crippen molar-refractivity contribution in [3.05, 3.63) is 53.4 Å². The molecule has 3 rings (SSSR count). The number of hydrogen-bond donors (Lipinski definition) is 2. The van der Waals surface area contributed by atoms with E-state index in [2.05, 4.69) is 4.72 Å². The van der Waals surface area contributed by atoms with Crippen LogP contribution in [0, 0.1) is 0 Å². The van der Waals surface area contributed by atoms with Crippen LogP contribution in [0.2, 0.25) is 0 Å². The van der Waals surface area contributed by atoms with Crippen molar-refractivity contribution in [3.8, 4) is 11.5 Å². The molecule has 1 atom stereocenters. The van der Waals surface area contributed by atoms with Gasteiger partial charge in [-0.15, -0.1) is 11.3 Å². The highest BCUT2D eigenvalue weighted by Crippen LogP contribution is 2.33. The zero-order valence-electron chi connectivity index (χ0n) is 15.2. The lowest BCUT2D eigenvalue weighted by Gasteiger charge is -2.22. The van der Waals surface area contributed by atoms with Gasteiger partial charge in [-0.25, -0.2) is 13.1 Å². The van der Waals surface area contributed by atoms with E-state index < -0.39 is 15.6 Å². The number of ether oxygens (including phenoxy) is 2. The molecule has 1 unspecified atom stereocenters. The fraction of sp³-hybridized carbons (Fsp3) is 0.263. The van der Waals surface area contributed by atoms with Crippen LogP contribution in [0.3, 0.4) is 0 Å². The standard InChI is InChI=1S/C19H21NO5S2/c1-19(21,18-10-13-6-4-5-7-16(13)26-18)12-20-27(22,23)17-11-14(24-2)8-9-15(17)25-3/h4-11,20-21H,12H2,1-3H3. The Morgan fingerprint density at radius 2 is 1.85 bits per heavy atom. The summed E-state index contributed by atoms with van der Waals surface area (Å²) in [5.41, 5.74) is -1.36. The molecule has 0 aliphatic rings. The highest BCUT2D eigenvalue weighted by atomic mass is 32.2. The molecule has 0 bridgehead atoms. The number of aliphatic hydroxyl groups is 1. The summed E-state index contributed by atoms with van der Waals surface area (Å²) in [7, 11) is -1.06. The van der Waals surface area contributed by atoms with Crippen molar-refractivity contribution in [2.45, 2.75) is 17.4 Å². The molecular weight excluding hydrogens is 386 g/mol. The molecule has 2 N–H and O–H groups in total. The fourth-order valence-corrected chi connectivity index (χ4v) is 5.06. The Hall–Kier alpha value is -2.13. The molecule has 0 radical (unpaired) electrons. The van der Waals surface area contributed by atoms with E-state index in [9.17, 15) is 13.5 Å². The minimum Gasteiger partial charge on any atom is -0.497 e. The molecule has 0 fully saturated rings. The summed E-state index contributed by atoms with van der Waals surface area (Å²) in [6.07, 6.45) is 0. The Labute approximate surface area is 162 Å². The van der Waals surface area contributed by atoms with Gasteiger partial charge in [-0.2, -0.15) is 0 Å². The molecule has 0 aliphatic carbocycles. The maximum atomic E-state index is 12.8. The third-order valence-corrected chi connectivity index (χ3v) is 7.01. The van der Waals surface area contributed by atoms with E-state index in [1.54, 1.807) is 13.0 Å². The average molecular weight is 408 g/mol. The summed E-state index contributed by atoms with van der Waals surface area (Å²) in [6.45, 7) is 1.41. The number of hydrogen-bond acceptors (Lipinski definition) is 6. The average Bonchev–Trinajstić information content (AvgIpc) is 3.11. The minimum atomic E-state index is -3.92. The molecule has 0 spiro atoms. The van der Waals surface area contributed by atoms with Crippen molar-refractivity contribution < 1.29 is 23.0 Å². The van der Waals surface area contributed by atoms with E-state index in [1.807, 2.05) is 30.3 Å². The maximum Gasteiger partial charge on any atom is 0.244 e. The monoisotopic (exact) mass is 407 g/mol. The van der Waals surface area contributed by atoms with Crippen LogP contribution in [-0.2, 0) is 15.6 Å². The topological polar surface area (TPSA) is 84.9 Å². The number of thiophene rings is 1. The van der Waals surface area contributed by atoms with Gasteiger partial charge in [-0.1, -0.05) is 18.2 Å². The molecule has 2 aromatic carbocycles. The molecular formula is C19H21NO5S2. The van der Waals surface area contributed by atoms with Gasteiger partial charge >= 0.3 is 0 Å². The molecule has 1 heterocycles. The number of fused-ring (bicyclic) bond motifs is 1. The lowest BCUT2D eigenvalue weighted by atomic mass is 10.1. The van der Waals surface area contributed by atoms with Gasteiger partial charge in [0.2, 0.25) is 10.0 Å². The quantitative estimate of drug-likeness (QED) is 0.629. The van der Waals surface area contributed by atoms with E-state index in [0.717, 1.165) is 10.1 Å². The molecule has 0 amide bonds. The van der Waals surface area contributed by atoms with Gasteiger partial charge in [-0.3, -0.25) is 0 Å². The van der Waals surface area contributed by atoms with E-state index in [4.69, 9.17) is 9.47 Å². The lowest BCUT2D eigenvalue weighted by molar-refractivity contribution is 0.0666. The normalized spacial score (nSPS) is 14.1. The Kier molecular flexibility index (Phi) is 5.43. The molecule has 3 aromatic rings. The van der Waals surface area contributed by atoms with Crippen LogP contribution >= 0.6 is 11.3 Å². The molecule has 1 aromatic heterocycles. The maximum absolute atomic E-state index is 12.8. The first-order valence-corrected chi connectivity index (χ1v) is 10.5. The van der Waals surface area contributed by atoms with Gasteiger partial charge in [0, 0.05) is 22.2 Å². The first-order chi connectivity index (χ1) is 12.8. The SMILES string of the molecule is COc1ccc(OC)c(S(=O)(=O)NCC(C)(O)c2cc3ccccc3s2)c1. The molecule has 8 heteroatoms. The zero-order valence-corrected chi connectivity index (χ0v) is 16.9. The summed E-state index contributed by atoms with van der Waals surface area (Å²) < 4.78 is 39.3. The third kappa shape index (κ3) is 4.08. The van der Waals surface area contributed by atoms with Gasteiger partial charge in [-0.05, 0) is 36.6 Å².